The van der Waals surface area contributed by atoms with E-state index in [0.29, 0.717) is 5.58 Å². The quantitative estimate of drug-likeness (QED) is 0.769. The first-order valence-electron chi connectivity index (χ1n) is 8.40. The number of nitrogens with zero attached hydrogens (tertiary/aromatic N) is 1. The molecule has 0 bridgehead atoms. The summed E-state index contributed by atoms with van der Waals surface area (Å²) in [6.07, 6.45) is 0.238. The lowest BCUT2D eigenvalue weighted by Crippen LogP contribution is -2.28. The first kappa shape index (κ1) is 15.7. The lowest BCUT2D eigenvalue weighted by Gasteiger charge is -2.15. The maximum absolute atomic E-state index is 12.3. The molecule has 1 aromatic heterocycles. The zero-order valence-corrected chi connectivity index (χ0v) is 14.0. The van der Waals surface area contributed by atoms with E-state index in [1.807, 2.05) is 42.5 Å². The van der Waals surface area contributed by atoms with Gasteiger partial charge in [0.15, 0.2) is 5.76 Å². The average molecular weight is 336 g/mol. The molecule has 1 aliphatic heterocycles. The topological polar surface area (TPSA) is 65.7 Å². The van der Waals surface area contributed by atoms with Gasteiger partial charge in [0.25, 0.3) is 5.91 Å². The Morgan fingerprint density at radius 3 is 2.96 bits per heavy atom. The molecule has 1 atom stereocenters. The highest BCUT2D eigenvalue weighted by Gasteiger charge is 2.19. The Balaban J connectivity index is 1.43. The molecule has 1 amide bonds. The summed E-state index contributed by atoms with van der Waals surface area (Å²) in [7, 11) is 2.06. The largest absolute Gasteiger partial charge is 0.451 e. The summed E-state index contributed by atoms with van der Waals surface area (Å²) in [5.41, 5.74) is 3.94. The molecule has 3 aromatic rings. The van der Waals surface area contributed by atoms with E-state index in [1.165, 1.54) is 11.3 Å². The van der Waals surface area contributed by atoms with E-state index in [0.717, 1.165) is 23.9 Å². The van der Waals surface area contributed by atoms with Crippen molar-refractivity contribution in [1.82, 2.24) is 5.32 Å². The Morgan fingerprint density at radius 2 is 2.12 bits per heavy atom. The van der Waals surface area contributed by atoms with Crippen LogP contribution in [0.4, 0.5) is 5.69 Å². The van der Waals surface area contributed by atoms with Gasteiger partial charge in [-0.1, -0.05) is 30.3 Å². The van der Waals surface area contributed by atoms with Crippen LogP contribution in [0.2, 0.25) is 0 Å². The van der Waals surface area contributed by atoms with Crippen molar-refractivity contribution in [1.29, 1.82) is 0 Å². The third kappa shape index (κ3) is 2.98. The zero-order chi connectivity index (χ0) is 17.4. The molecule has 2 heterocycles. The SMILES string of the molecule is CN1CCc2cc([C@@H](O)CNC(=O)c3cc4ccccc4o3)ccc21. The summed E-state index contributed by atoms with van der Waals surface area (Å²) in [5.74, 6) is -0.0693. The predicted octanol–water partition coefficient (Wildman–Crippen LogP) is 2.89. The second kappa shape index (κ2) is 6.26. The number of amides is 1. The van der Waals surface area contributed by atoms with E-state index in [-0.39, 0.29) is 18.2 Å². The van der Waals surface area contributed by atoms with E-state index >= 15 is 0 Å². The van der Waals surface area contributed by atoms with Crippen LogP contribution in [0.15, 0.2) is 52.9 Å². The molecule has 0 aliphatic carbocycles. The normalized spacial score (nSPS) is 14.6. The third-order valence-corrected chi connectivity index (χ3v) is 4.72. The van der Waals surface area contributed by atoms with Gasteiger partial charge in [0, 0.05) is 31.2 Å². The van der Waals surface area contributed by atoms with E-state index in [4.69, 9.17) is 4.42 Å². The summed E-state index contributed by atoms with van der Waals surface area (Å²) in [6.45, 7) is 1.14. The highest BCUT2D eigenvalue weighted by atomic mass is 16.3. The molecule has 25 heavy (non-hydrogen) atoms. The molecule has 0 spiro atoms. The first-order chi connectivity index (χ1) is 12.1. The van der Waals surface area contributed by atoms with Crippen molar-refractivity contribution in [3.63, 3.8) is 0 Å². The van der Waals surface area contributed by atoms with Crippen molar-refractivity contribution >= 4 is 22.6 Å². The van der Waals surface area contributed by atoms with Crippen molar-refractivity contribution < 1.29 is 14.3 Å². The number of hydrogen-bond acceptors (Lipinski definition) is 4. The fraction of sp³-hybridized carbons (Fsp3) is 0.250. The van der Waals surface area contributed by atoms with Crippen LogP contribution in [-0.4, -0.2) is 31.2 Å². The number of benzene rings is 2. The molecule has 0 unspecified atom stereocenters. The van der Waals surface area contributed by atoms with Gasteiger partial charge in [-0.05, 0) is 35.7 Å². The van der Waals surface area contributed by atoms with Crippen molar-refractivity contribution in [2.24, 2.45) is 0 Å². The third-order valence-electron chi connectivity index (χ3n) is 4.72. The fourth-order valence-corrected chi connectivity index (χ4v) is 3.28. The standard InChI is InChI=1S/C20H20N2O3/c1-22-9-8-13-10-14(6-7-16(13)22)17(23)12-21-20(24)19-11-15-4-2-3-5-18(15)25-19/h2-7,10-11,17,23H,8-9,12H2,1H3,(H,21,24)/t17-/m0/s1. The maximum Gasteiger partial charge on any atom is 0.287 e. The van der Waals surface area contributed by atoms with Crippen LogP contribution in [0.3, 0.4) is 0 Å². The minimum absolute atomic E-state index is 0.143. The van der Waals surface area contributed by atoms with Crippen LogP contribution in [0, 0.1) is 0 Å². The molecule has 0 saturated carbocycles. The van der Waals surface area contributed by atoms with Gasteiger partial charge in [-0.2, -0.15) is 0 Å². The number of carbonyl (C=O) groups excluding carboxylic acids is 1. The zero-order valence-electron chi connectivity index (χ0n) is 14.0. The number of likely N-dealkylation sites (N-methyl/N-ethyl adjacent to an activating group) is 1. The predicted molar refractivity (Wildman–Crippen MR) is 96.9 cm³/mol. The van der Waals surface area contributed by atoms with Crippen molar-refractivity contribution in [3.05, 3.63) is 65.4 Å². The van der Waals surface area contributed by atoms with Gasteiger partial charge in [-0.15, -0.1) is 0 Å². The number of carbonyl (C=O) groups is 1. The Hall–Kier alpha value is -2.79. The smallest absolute Gasteiger partial charge is 0.287 e. The van der Waals surface area contributed by atoms with E-state index in [2.05, 4.69) is 17.3 Å². The summed E-state index contributed by atoms with van der Waals surface area (Å²) in [5, 5.41) is 14.0. The minimum Gasteiger partial charge on any atom is -0.451 e. The number of aliphatic hydroxyl groups excluding tert-OH is 1. The molecule has 2 aromatic carbocycles. The Morgan fingerprint density at radius 1 is 1.28 bits per heavy atom. The highest BCUT2D eigenvalue weighted by molar-refractivity contribution is 5.96. The summed E-state index contributed by atoms with van der Waals surface area (Å²) in [4.78, 5) is 14.5. The van der Waals surface area contributed by atoms with Crippen LogP contribution in [-0.2, 0) is 6.42 Å². The maximum atomic E-state index is 12.3. The number of anilines is 1. The molecule has 5 heteroatoms. The number of furan rings is 1. The molecule has 0 fully saturated rings. The number of para-hydroxylation sites is 1. The van der Waals surface area contributed by atoms with Crippen molar-refractivity contribution in [3.8, 4) is 0 Å². The molecular formula is C20H20N2O3. The number of fused-ring (bicyclic) bond motifs is 2. The van der Waals surface area contributed by atoms with E-state index in [1.54, 1.807) is 6.07 Å². The van der Waals surface area contributed by atoms with Crippen molar-refractivity contribution in [2.75, 3.05) is 25.0 Å². The van der Waals surface area contributed by atoms with Gasteiger partial charge in [0.1, 0.15) is 5.58 Å². The van der Waals surface area contributed by atoms with Crippen LogP contribution in [0.5, 0.6) is 0 Å². The van der Waals surface area contributed by atoms with Crippen molar-refractivity contribution in [2.45, 2.75) is 12.5 Å². The van der Waals surface area contributed by atoms with Gasteiger partial charge in [-0.25, -0.2) is 0 Å². The van der Waals surface area contributed by atoms with Gasteiger partial charge in [0.05, 0.1) is 6.10 Å². The summed E-state index contributed by atoms with van der Waals surface area (Å²) < 4.78 is 5.54. The second-order valence-corrected chi connectivity index (χ2v) is 6.43. The summed E-state index contributed by atoms with van der Waals surface area (Å²) >= 11 is 0. The minimum atomic E-state index is -0.746. The molecule has 0 radical (unpaired) electrons. The Kier molecular flexibility index (Phi) is 3.93. The number of nitrogens with one attached hydrogen (secondary N) is 1. The number of hydrogen-bond donors (Lipinski definition) is 2. The molecule has 4 rings (SSSR count). The average Bonchev–Trinajstić information content (AvgIpc) is 3.23. The molecule has 1 aliphatic rings. The lowest BCUT2D eigenvalue weighted by molar-refractivity contribution is 0.0891. The van der Waals surface area contributed by atoms with Gasteiger partial charge in [-0.3, -0.25) is 4.79 Å². The molecule has 2 N–H and O–H groups in total. The summed E-state index contributed by atoms with van der Waals surface area (Å²) in [6, 6.07) is 15.2. The lowest BCUT2D eigenvalue weighted by atomic mass is 10.0. The van der Waals surface area contributed by atoms with Gasteiger partial charge < -0.3 is 19.7 Å². The van der Waals surface area contributed by atoms with Crippen LogP contribution in [0.1, 0.15) is 27.8 Å². The molecule has 128 valence electrons. The van der Waals surface area contributed by atoms with Crippen LogP contribution < -0.4 is 10.2 Å². The molecule has 0 saturated heterocycles. The molecule has 5 nitrogen and oxygen atoms in total. The van der Waals surface area contributed by atoms with Crippen LogP contribution in [0.25, 0.3) is 11.0 Å². The highest BCUT2D eigenvalue weighted by Crippen LogP contribution is 2.29. The number of aliphatic hydroxyl groups is 1. The van der Waals surface area contributed by atoms with E-state index < -0.39 is 6.10 Å². The second-order valence-electron chi connectivity index (χ2n) is 6.43. The number of rotatable bonds is 4. The van der Waals surface area contributed by atoms with Gasteiger partial charge in [0.2, 0.25) is 0 Å². The molecular weight excluding hydrogens is 316 g/mol. The fourth-order valence-electron chi connectivity index (χ4n) is 3.28. The van der Waals surface area contributed by atoms with E-state index in [9.17, 15) is 9.90 Å². The van der Waals surface area contributed by atoms with Gasteiger partial charge >= 0.3 is 0 Å². The Labute approximate surface area is 145 Å². The Bertz CT molecular complexity index is 899. The van der Waals surface area contributed by atoms with Crippen LogP contribution >= 0.6 is 0 Å². The first-order valence-corrected chi connectivity index (χ1v) is 8.40. The monoisotopic (exact) mass is 336 g/mol.